The molecule has 22 heavy (non-hydrogen) atoms. The van der Waals surface area contributed by atoms with E-state index >= 15 is 0 Å². The fraction of sp³-hybridized carbons (Fsp3) is 0. The van der Waals surface area contributed by atoms with Gasteiger partial charge in [0.1, 0.15) is 17.3 Å². The summed E-state index contributed by atoms with van der Waals surface area (Å²) in [6.45, 7) is 0. The third kappa shape index (κ3) is 2.61. The Balaban J connectivity index is 2.13. The summed E-state index contributed by atoms with van der Waals surface area (Å²) >= 11 is 3.32. The molecular weight excluding hydrogens is 354 g/mol. The summed E-state index contributed by atoms with van der Waals surface area (Å²) < 4.78 is 28.7. The molecule has 108 valence electrons. The Morgan fingerprint density at radius 1 is 1.18 bits per heavy atom. The van der Waals surface area contributed by atoms with Crippen LogP contribution >= 0.6 is 15.9 Å². The third-order valence-electron chi connectivity index (χ3n) is 3.00. The Kier molecular flexibility index (Phi) is 3.69. The van der Waals surface area contributed by atoms with E-state index in [1.807, 2.05) is 18.2 Å². The topological polar surface area (TPSA) is 54.5 Å². The van der Waals surface area contributed by atoms with Gasteiger partial charge in [-0.05, 0) is 23.8 Å². The summed E-state index contributed by atoms with van der Waals surface area (Å²) in [7, 11) is 0. The Labute approximate surface area is 132 Å². The molecule has 0 N–H and O–H groups in total. The van der Waals surface area contributed by atoms with E-state index in [2.05, 4.69) is 26.2 Å². The van der Waals surface area contributed by atoms with E-state index in [-0.39, 0.29) is 16.7 Å². The van der Waals surface area contributed by atoms with Crippen LogP contribution in [-0.4, -0.2) is 15.0 Å². The Bertz CT molecular complexity index is 923. The number of rotatable bonds is 2. The van der Waals surface area contributed by atoms with Gasteiger partial charge in [-0.3, -0.25) is 0 Å². The van der Waals surface area contributed by atoms with Gasteiger partial charge in [-0.25, -0.2) is 13.5 Å². The third-order valence-corrected chi connectivity index (χ3v) is 3.53. The van der Waals surface area contributed by atoms with Crippen LogP contribution in [0, 0.1) is 23.0 Å². The van der Waals surface area contributed by atoms with Gasteiger partial charge in [0.2, 0.25) is 0 Å². The highest BCUT2D eigenvalue weighted by atomic mass is 79.9. The van der Waals surface area contributed by atoms with Gasteiger partial charge in [0.05, 0.1) is 5.52 Å². The quantitative estimate of drug-likeness (QED) is 0.649. The molecule has 0 aliphatic rings. The zero-order chi connectivity index (χ0) is 15.7. The van der Waals surface area contributed by atoms with E-state index in [1.165, 1.54) is 4.68 Å². The van der Waals surface area contributed by atoms with Crippen LogP contribution in [0.1, 0.15) is 5.56 Å². The molecule has 0 saturated heterocycles. The van der Waals surface area contributed by atoms with Crippen molar-refractivity contribution in [2.24, 2.45) is 0 Å². The molecule has 3 aromatic rings. The number of nitrogens with zero attached hydrogens (tertiary/aromatic N) is 4. The summed E-state index contributed by atoms with van der Waals surface area (Å²) in [6, 6.07) is 11.2. The van der Waals surface area contributed by atoms with Crippen molar-refractivity contribution in [2.75, 3.05) is 0 Å². The molecule has 0 bridgehead atoms. The fourth-order valence-electron chi connectivity index (χ4n) is 1.95. The Morgan fingerprint density at radius 3 is 2.55 bits per heavy atom. The van der Waals surface area contributed by atoms with Gasteiger partial charge in [0.15, 0.2) is 11.6 Å². The van der Waals surface area contributed by atoms with Crippen molar-refractivity contribution in [1.29, 1.82) is 5.26 Å². The van der Waals surface area contributed by atoms with E-state index < -0.39 is 11.6 Å². The van der Waals surface area contributed by atoms with Gasteiger partial charge in [0.25, 0.3) is 0 Å². The number of hydrogen-bond acceptors (Lipinski definition) is 3. The lowest BCUT2D eigenvalue weighted by Crippen LogP contribution is -1.98. The number of fused-ring (bicyclic) bond motifs is 1. The van der Waals surface area contributed by atoms with Crippen LogP contribution in [-0.2, 0) is 0 Å². The Morgan fingerprint density at radius 2 is 1.86 bits per heavy atom. The second kappa shape index (κ2) is 5.66. The van der Waals surface area contributed by atoms with Crippen molar-refractivity contribution < 1.29 is 8.78 Å². The van der Waals surface area contributed by atoms with Crippen LogP contribution in [0.15, 0.2) is 40.9 Å². The highest BCUT2D eigenvalue weighted by molar-refractivity contribution is 9.10. The van der Waals surface area contributed by atoms with Crippen molar-refractivity contribution in [3.63, 3.8) is 0 Å². The average molecular weight is 361 g/mol. The Hall–Kier alpha value is -2.59. The van der Waals surface area contributed by atoms with Crippen LogP contribution in [0.25, 0.3) is 22.8 Å². The van der Waals surface area contributed by atoms with Gasteiger partial charge in [0, 0.05) is 16.6 Å². The molecule has 2 aromatic carbocycles. The highest BCUT2D eigenvalue weighted by Gasteiger charge is 2.13. The number of allylic oxidation sites excluding steroid dienone is 1. The van der Waals surface area contributed by atoms with Crippen molar-refractivity contribution in [3.8, 4) is 6.07 Å². The van der Waals surface area contributed by atoms with Crippen LogP contribution in [0.2, 0.25) is 0 Å². The molecule has 0 aliphatic carbocycles. The minimum Gasteiger partial charge on any atom is -0.204 e. The molecule has 0 spiro atoms. The SMILES string of the molecule is N#C/C(=C\c1ccc(Br)cc1)n1nnc2cc(F)c(F)cc21. The molecule has 0 radical (unpaired) electrons. The normalized spacial score (nSPS) is 11.6. The van der Waals surface area contributed by atoms with Crippen LogP contribution in [0.4, 0.5) is 8.78 Å². The number of hydrogen-bond donors (Lipinski definition) is 0. The molecule has 3 rings (SSSR count). The van der Waals surface area contributed by atoms with Crippen molar-refractivity contribution in [1.82, 2.24) is 15.0 Å². The van der Waals surface area contributed by atoms with Crippen LogP contribution in [0.3, 0.4) is 0 Å². The van der Waals surface area contributed by atoms with Crippen molar-refractivity contribution in [2.45, 2.75) is 0 Å². The smallest absolute Gasteiger partial charge is 0.161 e. The molecular formula is C15H7BrF2N4. The monoisotopic (exact) mass is 360 g/mol. The first-order valence-corrected chi connectivity index (χ1v) is 6.96. The maximum Gasteiger partial charge on any atom is 0.161 e. The average Bonchev–Trinajstić information content (AvgIpc) is 2.90. The molecule has 4 nitrogen and oxygen atoms in total. The maximum atomic E-state index is 13.4. The minimum absolute atomic E-state index is 0.149. The van der Waals surface area contributed by atoms with Crippen molar-refractivity contribution in [3.05, 3.63) is 58.1 Å². The zero-order valence-electron chi connectivity index (χ0n) is 11.0. The summed E-state index contributed by atoms with van der Waals surface area (Å²) in [5.41, 5.74) is 1.32. The van der Waals surface area contributed by atoms with E-state index in [9.17, 15) is 14.0 Å². The van der Waals surface area contributed by atoms with Crippen LogP contribution < -0.4 is 0 Å². The largest absolute Gasteiger partial charge is 0.204 e. The molecule has 0 aliphatic heterocycles. The first-order valence-electron chi connectivity index (χ1n) is 6.16. The number of halogens is 3. The van der Waals surface area contributed by atoms with E-state index in [0.717, 1.165) is 22.2 Å². The molecule has 0 amide bonds. The lowest BCUT2D eigenvalue weighted by molar-refractivity contribution is 0.510. The van der Waals surface area contributed by atoms with Gasteiger partial charge in [-0.1, -0.05) is 33.3 Å². The highest BCUT2D eigenvalue weighted by Crippen LogP contribution is 2.21. The molecule has 0 unspecified atom stereocenters. The van der Waals surface area contributed by atoms with E-state index in [0.29, 0.717) is 0 Å². The number of aromatic nitrogens is 3. The van der Waals surface area contributed by atoms with E-state index in [1.54, 1.807) is 18.2 Å². The second-order valence-electron chi connectivity index (χ2n) is 4.45. The predicted octanol–water partition coefficient (Wildman–Crippen LogP) is 3.99. The van der Waals surface area contributed by atoms with Gasteiger partial charge < -0.3 is 0 Å². The van der Waals surface area contributed by atoms with Crippen molar-refractivity contribution >= 4 is 38.7 Å². The lowest BCUT2D eigenvalue weighted by Gasteiger charge is -2.01. The van der Waals surface area contributed by atoms with Gasteiger partial charge >= 0.3 is 0 Å². The molecule has 7 heteroatoms. The first kappa shape index (κ1) is 14.4. The van der Waals surface area contributed by atoms with Gasteiger partial charge in [-0.15, -0.1) is 5.10 Å². The van der Waals surface area contributed by atoms with Gasteiger partial charge in [-0.2, -0.15) is 5.26 Å². The number of benzene rings is 2. The second-order valence-corrected chi connectivity index (χ2v) is 5.36. The standard InChI is InChI=1S/C15H7BrF2N4/c16-10-3-1-9(2-4-10)5-11(8-19)22-15-7-13(18)12(17)6-14(15)20-21-22/h1-7H/b11-5+. The molecule has 0 atom stereocenters. The molecule has 0 saturated carbocycles. The summed E-state index contributed by atoms with van der Waals surface area (Å²) in [6.07, 6.45) is 1.59. The first-order chi connectivity index (χ1) is 10.6. The maximum absolute atomic E-state index is 13.4. The predicted molar refractivity (Wildman–Crippen MR) is 81.4 cm³/mol. The fourth-order valence-corrected chi connectivity index (χ4v) is 2.22. The lowest BCUT2D eigenvalue weighted by atomic mass is 10.2. The summed E-state index contributed by atoms with van der Waals surface area (Å²) in [5, 5.41) is 16.9. The van der Waals surface area contributed by atoms with Crippen LogP contribution in [0.5, 0.6) is 0 Å². The zero-order valence-corrected chi connectivity index (χ0v) is 12.6. The summed E-state index contributed by atoms with van der Waals surface area (Å²) in [4.78, 5) is 0. The van der Waals surface area contributed by atoms with E-state index in [4.69, 9.17) is 0 Å². The molecule has 1 aromatic heterocycles. The summed E-state index contributed by atoms with van der Waals surface area (Å²) in [5.74, 6) is -2.02. The minimum atomic E-state index is -1.02. The number of nitriles is 1. The molecule has 1 heterocycles. The molecule has 0 fully saturated rings.